The van der Waals surface area contributed by atoms with Crippen molar-refractivity contribution in [3.8, 4) is 5.69 Å². The van der Waals surface area contributed by atoms with Crippen molar-refractivity contribution in [1.29, 1.82) is 0 Å². The van der Waals surface area contributed by atoms with Gasteiger partial charge in [-0.1, -0.05) is 0 Å². The fraction of sp³-hybridized carbons (Fsp3) is 0.263. The van der Waals surface area contributed by atoms with E-state index in [4.69, 9.17) is 9.15 Å². The molecule has 1 unspecified atom stereocenters. The maximum Gasteiger partial charge on any atom is 0.416 e. The number of aromatic nitrogens is 1. The molecular weight excluding hydrogens is 345 g/mol. The van der Waals surface area contributed by atoms with E-state index >= 15 is 0 Å². The van der Waals surface area contributed by atoms with Crippen molar-refractivity contribution in [2.45, 2.75) is 18.9 Å². The summed E-state index contributed by atoms with van der Waals surface area (Å²) in [5.74, 6) is 0.864. The molecule has 0 bridgehead atoms. The second-order valence-electron chi connectivity index (χ2n) is 6.17. The minimum atomic E-state index is -4.33. The van der Waals surface area contributed by atoms with Gasteiger partial charge in [-0.15, -0.1) is 0 Å². The van der Waals surface area contributed by atoms with Crippen LogP contribution in [0.15, 0.2) is 65.5 Å². The van der Waals surface area contributed by atoms with Crippen LogP contribution >= 0.6 is 0 Å². The third-order valence-corrected chi connectivity index (χ3v) is 4.42. The summed E-state index contributed by atoms with van der Waals surface area (Å²) < 4.78 is 51.1. The highest BCUT2D eigenvalue weighted by Gasteiger charge is 2.30. The fourth-order valence-corrected chi connectivity index (χ4v) is 3.12. The molecule has 0 saturated carbocycles. The molecule has 4 rings (SSSR count). The van der Waals surface area contributed by atoms with Crippen LogP contribution < -0.4 is 0 Å². The van der Waals surface area contributed by atoms with Gasteiger partial charge in [-0.3, -0.25) is 4.90 Å². The molecule has 1 saturated heterocycles. The van der Waals surface area contributed by atoms with Gasteiger partial charge in [0.15, 0.2) is 0 Å². The first kappa shape index (κ1) is 16.9. The average molecular weight is 362 g/mol. The maximum absolute atomic E-state index is 12.7. The molecule has 2 aromatic heterocycles. The number of furan rings is 1. The Bertz CT molecular complexity index is 854. The molecule has 1 aliphatic heterocycles. The standard InChI is InChI=1S/C19H17F3N2O2/c20-19(21,22)15-3-5-16(6-4-15)23-8-7-14(12-23)18-24(9-11-26-18)13-17-2-1-10-25-17/h1-8,10,12,18H,9,11,13H2. The molecule has 3 aromatic rings. The zero-order valence-corrected chi connectivity index (χ0v) is 13.8. The van der Waals surface area contributed by atoms with Crippen LogP contribution in [0.1, 0.15) is 23.1 Å². The Morgan fingerprint density at radius 2 is 1.88 bits per heavy atom. The molecule has 0 amide bonds. The molecular formula is C19H17F3N2O2. The van der Waals surface area contributed by atoms with E-state index in [1.165, 1.54) is 12.1 Å². The predicted octanol–water partition coefficient (Wildman–Crippen LogP) is 4.62. The lowest BCUT2D eigenvalue weighted by Gasteiger charge is -2.21. The topological polar surface area (TPSA) is 30.5 Å². The number of hydrogen-bond donors (Lipinski definition) is 0. The first-order valence-electron chi connectivity index (χ1n) is 8.24. The molecule has 4 nitrogen and oxygen atoms in total. The van der Waals surface area contributed by atoms with Gasteiger partial charge in [-0.25, -0.2) is 0 Å². The molecule has 26 heavy (non-hydrogen) atoms. The normalized spacial score (nSPS) is 18.5. The quantitative estimate of drug-likeness (QED) is 0.678. The monoisotopic (exact) mass is 362 g/mol. The summed E-state index contributed by atoms with van der Waals surface area (Å²) in [4.78, 5) is 2.16. The Morgan fingerprint density at radius 1 is 1.08 bits per heavy atom. The van der Waals surface area contributed by atoms with Gasteiger partial charge in [0.1, 0.15) is 12.0 Å². The molecule has 0 spiro atoms. The van der Waals surface area contributed by atoms with Crippen LogP contribution in [0.25, 0.3) is 5.69 Å². The Hall–Kier alpha value is -2.51. The van der Waals surface area contributed by atoms with E-state index in [-0.39, 0.29) is 6.23 Å². The Balaban J connectivity index is 1.52. The summed E-state index contributed by atoms with van der Waals surface area (Å²) in [6.45, 7) is 2.05. The van der Waals surface area contributed by atoms with Crippen molar-refractivity contribution >= 4 is 0 Å². The lowest BCUT2D eigenvalue weighted by molar-refractivity contribution is -0.137. The maximum atomic E-state index is 12.7. The molecule has 1 atom stereocenters. The summed E-state index contributed by atoms with van der Waals surface area (Å²) in [5.41, 5.74) is 0.964. The van der Waals surface area contributed by atoms with Gasteiger partial charge in [0.25, 0.3) is 0 Å². The number of halogens is 3. The molecule has 0 aliphatic carbocycles. The van der Waals surface area contributed by atoms with Crippen molar-refractivity contribution in [2.24, 2.45) is 0 Å². The SMILES string of the molecule is FC(F)(F)c1ccc(-n2ccc(C3OCCN3Cc3ccco3)c2)cc1. The summed E-state index contributed by atoms with van der Waals surface area (Å²) in [6.07, 6.45) is 0.821. The van der Waals surface area contributed by atoms with Gasteiger partial charge in [-0.05, 0) is 42.5 Å². The molecule has 1 aliphatic rings. The Labute approximate surface area is 148 Å². The second-order valence-corrected chi connectivity index (χ2v) is 6.17. The Morgan fingerprint density at radius 3 is 2.58 bits per heavy atom. The lowest BCUT2D eigenvalue weighted by Crippen LogP contribution is -2.22. The number of ether oxygens (including phenoxy) is 1. The lowest BCUT2D eigenvalue weighted by atomic mass is 10.2. The summed E-state index contributed by atoms with van der Waals surface area (Å²) in [7, 11) is 0. The van der Waals surface area contributed by atoms with E-state index in [1.807, 2.05) is 30.6 Å². The zero-order chi connectivity index (χ0) is 18.1. The fourth-order valence-electron chi connectivity index (χ4n) is 3.12. The van der Waals surface area contributed by atoms with Gasteiger partial charge in [0.2, 0.25) is 0 Å². The van der Waals surface area contributed by atoms with Gasteiger partial charge in [0.05, 0.1) is 25.0 Å². The third-order valence-electron chi connectivity index (χ3n) is 4.42. The van der Waals surface area contributed by atoms with Gasteiger partial charge in [0, 0.05) is 30.2 Å². The number of rotatable bonds is 4. The van der Waals surface area contributed by atoms with Crippen molar-refractivity contribution in [1.82, 2.24) is 9.47 Å². The van der Waals surface area contributed by atoms with Crippen molar-refractivity contribution in [3.63, 3.8) is 0 Å². The van der Waals surface area contributed by atoms with E-state index in [9.17, 15) is 13.2 Å². The van der Waals surface area contributed by atoms with Gasteiger partial charge in [-0.2, -0.15) is 13.2 Å². The van der Waals surface area contributed by atoms with Crippen molar-refractivity contribution < 1.29 is 22.3 Å². The second kappa shape index (κ2) is 6.66. The minimum Gasteiger partial charge on any atom is -0.468 e. The average Bonchev–Trinajstić information content (AvgIpc) is 3.36. The number of benzene rings is 1. The zero-order valence-electron chi connectivity index (χ0n) is 13.8. The van der Waals surface area contributed by atoms with Crippen LogP contribution in [0, 0.1) is 0 Å². The van der Waals surface area contributed by atoms with E-state index < -0.39 is 11.7 Å². The first-order chi connectivity index (χ1) is 12.5. The highest BCUT2D eigenvalue weighted by atomic mass is 19.4. The number of hydrogen-bond acceptors (Lipinski definition) is 3. The molecule has 1 aromatic carbocycles. The smallest absolute Gasteiger partial charge is 0.416 e. The van der Waals surface area contributed by atoms with Gasteiger partial charge >= 0.3 is 6.18 Å². The predicted molar refractivity (Wildman–Crippen MR) is 88.6 cm³/mol. The molecule has 136 valence electrons. The highest BCUT2D eigenvalue weighted by molar-refractivity contribution is 5.37. The van der Waals surface area contributed by atoms with E-state index in [0.29, 0.717) is 18.8 Å². The van der Waals surface area contributed by atoms with Crippen molar-refractivity contribution in [2.75, 3.05) is 13.2 Å². The van der Waals surface area contributed by atoms with Crippen LogP contribution in [0.2, 0.25) is 0 Å². The first-order valence-corrected chi connectivity index (χ1v) is 8.24. The van der Waals surface area contributed by atoms with E-state index in [1.54, 1.807) is 10.8 Å². The van der Waals surface area contributed by atoms with Crippen LogP contribution in [-0.2, 0) is 17.5 Å². The third kappa shape index (κ3) is 3.40. The highest BCUT2D eigenvalue weighted by Crippen LogP contribution is 2.31. The minimum absolute atomic E-state index is 0.198. The van der Waals surface area contributed by atoms with E-state index in [0.717, 1.165) is 30.0 Å². The van der Waals surface area contributed by atoms with Crippen LogP contribution in [0.4, 0.5) is 13.2 Å². The van der Waals surface area contributed by atoms with Crippen LogP contribution in [0.5, 0.6) is 0 Å². The molecule has 3 heterocycles. The van der Waals surface area contributed by atoms with E-state index in [2.05, 4.69) is 4.90 Å². The summed E-state index contributed by atoms with van der Waals surface area (Å²) in [6, 6.07) is 10.8. The van der Waals surface area contributed by atoms with Crippen LogP contribution in [0.3, 0.4) is 0 Å². The summed E-state index contributed by atoms with van der Waals surface area (Å²) >= 11 is 0. The Kier molecular flexibility index (Phi) is 4.34. The van der Waals surface area contributed by atoms with Crippen LogP contribution in [-0.4, -0.2) is 22.6 Å². The number of nitrogens with zero attached hydrogens (tertiary/aromatic N) is 2. The largest absolute Gasteiger partial charge is 0.468 e. The molecule has 0 N–H and O–H groups in total. The summed E-state index contributed by atoms with van der Waals surface area (Å²) in [5, 5.41) is 0. The molecule has 0 radical (unpaired) electrons. The van der Waals surface area contributed by atoms with Gasteiger partial charge < -0.3 is 13.7 Å². The molecule has 7 heteroatoms. The molecule has 1 fully saturated rings. The van der Waals surface area contributed by atoms with Crippen molar-refractivity contribution in [3.05, 3.63) is 78.0 Å². The number of alkyl halides is 3.